The largest absolute Gasteiger partial charge is 0.378 e. The summed E-state index contributed by atoms with van der Waals surface area (Å²) in [5, 5.41) is 3.36. The number of rotatable bonds is 6. The molecule has 0 bridgehead atoms. The van der Waals surface area contributed by atoms with Gasteiger partial charge in [-0.25, -0.2) is 0 Å². The van der Waals surface area contributed by atoms with Crippen molar-refractivity contribution < 1.29 is 9.53 Å². The Balaban J connectivity index is 1.37. The van der Waals surface area contributed by atoms with E-state index in [-0.39, 0.29) is 11.9 Å². The number of ether oxygens (including phenoxy) is 1. The summed E-state index contributed by atoms with van der Waals surface area (Å²) in [6.45, 7) is 6.42. The molecule has 138 valence electrons. The van der Waals surface area contributed by atoms with Crippen molar-refractivity contribution in [2.24, 2.45) is 5.92 Å². The summed E-state index contributed by atoms with van der Waals surface area (Å²) in [6.07, 6.45) is 2.90. The van der Waals surface area contributed by atoms with Crippen LogP contribution in [-0.4, -0.2) is 68.2 Å². The highest BCUT2D eigenvalue weighted by Gasteiger charge is 2.24. The lowest BCUT2D eigenvalue weighted by Crippen LogP contribution is -2.45. The molecule has 1 aromatic carbocycles. The number of amides is 1. The third-order valence-corrected chi connectivity index (χ3v) is 5.33. The van der Waals surface area contributed by atoms with E-state index in [1.807, 2.05) is 11.9 Å². The second-order valence-electron chi connectivity index (χ2n) is 7.41. The van der Waals surface area contributed by atoms with E-state index >= 15 is 0 Å². The fourth-order valence-electron chi connectivity index (χ4n) is 3.78. The number of carbonyl (C=O) groups excluding carboxylic acids is 1. The van der Waals surface area contributed by atoms with Crippen LogP contribution >= 0.6 is 0 Å². The van der Waals surface area contributed by atoms with Crippen LogP contribution in [0.5, 0.6) is 0 Å². The Morgan fingerprint density at radius 2 is 2.04 bits per heavy atom. The third kappa shape index (κ3) is 5.80. The van der Waals surface area contributed by atoms with Gasteiger partial charge in [-0.15, -0.1) is 0 Å². The first kappa shape index (κ1) is 18.4. The van der Waals surface area contributed by atoms with Crippen molar-refractivity contribution in [2.45, 2.75) is 31.8 Å². The molecule has 1 aromatic rings. The molecule has 3 rings (SSSR count). The van der Waals surface area contributed by atoms with E-state index in [0.717, 1.165) is 39.3 Å². The molecule has 2 heterocycles. The van der Waals surface area contributed by atoms with Crippen LogP contribution in [-0.2, 0) is 16.1 Å². The molecule has 2 saturated heterocycles. The maximum atomic E-state index is 12.4. The molecule has 0 saturated carbocycles. The Labute approximate surface area is 151 Å². The van der Waals surface area contributed by atoms with Crippen molar-refractivity contribution in [1.29, 1.82) is 0 Å². The van der Waals surface area contributed by atoms with E-state index in [4.69, 9.17) is 4.74 Å². The van der Waals surface area contributed by atoms with Crippen LogP contribution in [0, 0.1) is 5.92 Å². The lowest BCUT2D eigenvalue weighted by Gasteiger charge is -2.34. The molecule has 2 aliphatic rings. The quantitative estimate of drug-likeness (QED) is 0.853. The highest BCUT2D eigenvalue weighted by molar-refractivity contribution is 5.76. The monoisotopic (exact) mass is 345 g/mol. The molecule has 1 amide bonds. The minimum absolute atomic E-state index is 0.177. The van der Waals surface area contributed by atoms with Crippen molar-refractivity contribution in [3.8, 4) is 0 Å². The first-order valence-corrected chi connectivity index (χ1v) is 9.52. The number of benzene rings is 1. The highest BCUT2D eigenvalue weighted by atomic mass is 16.5. The first-order valence-electron chi connectivity index (χ1n) is 9.52. The maximum absolute atomic E-state index is 12.4. The molecular formula is C20H31N3O2. The van der Waals surface area contributed by atoms with E-state index in [1.54, 1.807) is 0 Å². The second-order valence-corrected chi connectivity index (χ2v) is 7.41. The Morgan fingerprint density at radius 3 is 2.72 bits per heavy atom. The summed E-state index contributed by atoms with van der Waals surface area (Å²) in [5.41, 5.74) is 1.38. The topological polar surface area (TPSA) is 44.8 Å². The van der Waals surface area contributed by atoms with E-state index in [1.165, 1.54) is 18.4 Å². The van der Waals surface area contributed by atoms with Gasteiger partial charge in [-0.1, -0.05) is 30.3 Å². The zero-order valence-corrected chi connectivity index (χ0v) is 15.3. The lowest BCUT2D eigenvalue weighted by atomic mass is 9.95. The fraction of sp³-hybridized carbons (Fsp3) is 0.650. The number of nitrogens with one attached hydrogen (secondary N) is 1. The average Bonchev–Trinajstić information content (AvgIpc) is 2.65. The number of morpholine rings is 1. The van der Waals surface area contributed by atoms with E-state index in [9.17, 15) is 4.79 Å². The van der Waals surface area contributed by atoms with Gasteiger partial charge in [-0.2, -0.15) is 0 Å². The van der Waals surface area contributed by atoms with Gasteiger partial charge in [0, 0.05) is 39.1 Å². The van der Waals surface area contributed by atoms with Crippen molar-refractivity contribution in [3.63, 3.8) is 0 Å². The molecule has 1 atom stereocenters. The summed E-state index contributed by atoms with van der Waals surface area (Å²) in [5.74, 6) is 0.853. The van der Waals surface area contributed by atoms with Gasteiger partial charge in [0.05, 0.1) is 13.2 Å². The fourth-order valence-corrected chi connectivity index (χ4v) is 3.78. The maximum Gasteiger partial charge on any atom is 0.223 e. The van der Waals surface area contributed by atoms with Gasteiger partial charge in [0.2, 0.25) is 5.91 Å². The summed E-state index contributed by atoms with van der Waals surface area (Å²) >= 11 is 0. The average molecular weight is 345 g/mol. The van der Waals surface area contributed by atoms with Crippen LogP contribution in [0.4, 0.5) is 0 Å². The van der Waals surface area contributed by atoms with Crippen LogP contribution in [0.2, 0.25) is 0 Å². The molecule has 5 heteroatoms. The number of nitrogens with zero attached hydrogens (tertiary/aromatic N) is 2. The number of hydrogen-bond donors (Lipinski definition) is 1. The minimum atomic E-state index is 0.177. The Kier molecular flexibility index (Phi) is 6.84. The smallest absolute Gasteiger partial charge is 0.223 e. The van der Waals surface area contributed by atoms with Gasteiger partial charge >= 0.3 is 0 Å². The van der Waals surface area contributed by atoms with Gasteiger partial charge in [0.15, 0.2) is 0 Å². The number of carbonyl (C=O) groups is 1. The van der Waals surface area contributed by atoms with Crippen LogP contribution in [0.15, 0.2) is 30.3 Å². The second kappa shape index (κ2) is 9.32. The van der Waals surface area contributed by atoms with Crippen molar-refractivity contribution in [1.82, 2.24) is 15.1 Å². The summed E-state index contributed by atoms with van der Waals surface area (Å²) in [4.78, 5) is 16.9. The normalized spacial score (nSPS) is 22.7. The van der Waals surface area contributed by atoms with Crippen LogP contribution in [0.25, 0.3) is 0 Å². The molecule has 0 aliphatic carbocycles. The molecule has 0 spiro atoms. The van der Waals surface area contributed by atoms with E-state index in [2.05, 4.69) is 40.5 Å². The molecule has 2 fully saturated rings. The van der Waals surface area contributed by atoms with Gasteiger partial charge in [-0.3, -0.25) is 9.69 Å². The standard InChI is InChI=1S/C20H31N3O2/c1-22(20(24)13-19-16-25-12-9-21-19)14-18-7-10-23(11-8-18)15-17-5-3-2-4-6-17/h2-6,18-19,21H,7-16H2,1H3. The zero-order valence-electron chi connectivity index (χ0n) is 15.3. The van der Waals surface area contributed by atoms with E-state index in [0.29, 0.717) is 18.9 Å². The predicted octanol–water partition coefficient (Wildman–Crippen LogP) is 1.74. The number of likely N-dealkylation sites (tertiary alicyclic amines) is 1. The molecule has 1 N–H and O–H groups in total. The molecule has 25 heavy (non-hydrogen) atoms. The first-order chi connectivity index (χ1) is 12.2. The molecular weight excluding hydrogens is 314 g/mol. The number of hydrogen-bond acceptors (Lipinski definition) is 4. The Morgan fingerprint density at radius 1 is 1.28 bits per heavy atom. The molecule has 1 unspecified atom stereocenters. The molecule has 0 aromatic heterocycles. The van der Waals surface area contributed by atoms with Crippen LogP contribution in [0.1, 0.15) is 24.8 Å². The molecule has 5 nitrogen and oxygen atoms in total. The van der Waals surface area contributed by atoms with Crippen molar-refractivity contribution >= 4 is 5.91 Å². The third-order valence-electron chi connectivity index (χ3n) is 5.33. The Bertz CT molecular complexity index is 523. The van der Waals surface area contributed by atoms with E-state index < -0.39 is 0 Å². The lowest BCUT2D eigenvalue weighted by molar-refractivity contribution is -0.131. The van der Waals surface area contributed by atoms with Gasteiger partial charge in [0.25, 0.3) is 0 Å². The predicted molar refractivity (Wildman–Crippen MR) is 99.3 cm³/mol. The van der Waals surface area contributed by atoms with Gasteiger partial charge < -0.3 is 15.0 Å². The molecule has 0 radical (unpaired) electrons. The summed E-state index contributed by atoms with van der Waals surface area (Å²) in [7, 11) is 1.95. The molecule has 2 aliphatic heterocycles. The minimum Gasteiger partial charge on any atom is -0.378 e. The van der Waals surface area contributed by atoms with Gasteiger partial charge in [-0.05, 0) is 37.4 Å². The van der Waals surface area contributed by atoms with Crippen LogP contribution in [0.3, 0.4) is 0 Å². The zero-order chi connectivity index (χ0) is 17.5. The van der Waals surface area contributed by atoms with Crippen LogP contribution < -0.4 is 5.32 Å². The van der Waals surface area contributed by atoms with Crippen molar-refractivity contribution in [2.75, 3.05) is 46.4 Å². The highest BCUT2D eigenvalue weighted by Crippen LogP contribution is 2.20. The SMILES string of the molecule is CN(CC1CCN(Cc2ccccc2)CC1)C(=O)CC1COCCN1. The number of piperidine rings is 1. The van der Waals surface area contributed by atoms with Gasteiger partial charge in [0.1, 0.15) is 0 Å². The summed E-state index contributed by atoms with van der Waals surface area (Å²) in [6, 6.07) is 10.8. The van der Waals surface area contributed by atoms with Crippen molar-refractivity contribution in [3.05, 3.63) is 35.9 Å². The summed E-state index contributed by atoms with van der Waals surface area (Å²) < 4.78 is 5.43. The Hall–Kier alpha value is -1.43.